The monoisotopic (exact) mass is 247 g/mol. The van der Waals surface area contributed by atoms with E-state index in [1.54, 1.807) is 0 Å². The van der Waals surface area contributed by atoms with E-state index in [1.807, 2.05) is 28.9 Å². The number of hydrogen-bond acceptors (Lipinski definition) is 3. The number of ether oxygens (including phenoxy) is 1. The van der Waals surface area contributed by atoms with Crippen LogP contribution in [0.2, 0.25) is 0 Å². The molecule has 2 aromatic rings. The molecule has 0 saturated carbocycles. The van der Waals surface area contributed by atoms with E-state index in [-0.39, 0.29) is 11.8 Å². The van der Waals surface area contributed by atoms with E-state index in [9.17, 15) is 0 Å². The average Bonchev–Trinajstić information content (AvgIpc) is 2.70. The lowest BCUT2D eigenvalue weighted by atomic mass is 10.2. The molecule has 0 aliphatic rings. The number of rotatable bonds is 4. The molecule has 0 fully saturated rings. The highest BCUT2D eigenvalue weighted by atomic mass is 16.5. The number of para-hydroxylation sites is 1. The van der Waals surface area contributed by atoms with Gasteiger partial charge in [0.15, 0.2) is 6.23 Å². The van der Waals surface area contributed by atoms with Gasteiger partial charge in [0, 0.05) is 0 Å². The predicted molar refractivity (Wildman–Crippen MR) is 72.3 cm³/mol. The Balaban J connectivity index is 2.35. The van der Waals surface area contributed by atoms with Crippen LogP contribution in [0.3, 0.4) is 0 Å². The lowest BCUT2D eigenvalue weighted by Gasteiger charge is -2.27. The van der Waals surface area contributed by atoms with Crippen molar-refractivity contribution in [3.63, 3.8) is 0 Å². The summed E-state index contributed by atoms with van der Waals surface area (Å²) in [5.74, 6) is 0. The van der Waals surface area contributed by atoms with E-state index in [1.165, 1.54) is 0 Å². The molecule has 18 heavy (non-hydrogen) atoms. The van der Waals surface area contributed by atoms with Crippen LogP contribution in [0, 0.1) is 0 Å². The Morgan fingerprint density at radius 1 is 1.28 bits per heavy atom. The fourth-order valence-electron chi connectivity index (χ4n) is 1.99. The summed E-state index contributed by atoms with van der Waals surface area (Å²) in [6, 6.07) is 7.98. The zero-order valence-corrected chi connectivity index (χ0v) is 11.6. The number of hydrogen-bond donors (Lipinski definition) is 0. The quantitative estimate of drug-likeness (QED) is 0.829. The Morgan fingerprint density at radius 3 is 2.67 bits per heavy atom. The van der Waals surface area contributed by atoms with Crippen molar-refractivity contribution in [2.75, 3.05) is 0 Å². The SMILES string of the molecule is CCCC(OC(C)(C)C)n1nnc2ccccc21. The fourth-order valence-corrected chi connectivity index (χ4v) is 1.99. The van der Waals surface area contributed by atoms with Crippen molar-refractivity contribution in [1.29, 1.82) is 0 Å². The molecule has 0 saturated heterocycles. The zero-order valence-electron chi connectivity index (χ0n) is 11.6. The zero-order chi connectivity index (χ0) is 13.2. The molecule has 0 aliphatic heterocycles. The summed E-state index contributed by atoms with van der Waals surface area (Å²) in [6.07, 6.45) is 1.93. The van der Waals surface area contributed by atoms with Crippen LogP contribution in [0.4, 0.5) is 0 Å². The van der Waals surface area contributed by atoms with Gasteiger partial charge in [0.2, 0.25) is 0 Å². The van der Waals surface area contributed by atoms with E-state index in [0.29, 0.717) is 0 Å². The third kappa shape index (κ3) is 2.88. The Kier molecular flexibility index (Phi) is 3.66. The Bertz CT molecular complexity index is 513. The van der Waals surface area contributed by atoms with E-state index in [0.717, 1.165) is 23.9 Å². The van der Waals surface area contributed by atoms with Crippen LogP contribution in [-0.4, -0.2) is 20.6 Å². The van der Waals surface area contributed by atoms with Crippen LogP contribution in [0.25, 0.3) is 11.0 Å². The first-order valence-corrected chi connectivity index (χ1v) is 6.49. The minimum atomic E-state index is -0.188. The lowest BCUT2D eigenvalue weighted by Crippen LogP contribution is -2.26. The van der Waals surface area contributed by atoms with E-state index in [4.69, 9.17) is 4.74 Å². The van der Waals surface area contributed by atoms with Crippen molar-refractivity contribution in [1.82, 2.24) is 15.0 Å². The molecule has 4 heteroatoms. The highest BCUT2D eigenvalue weighted by Gasteiger charge is 2.21. The fraction of sp³-hybridized carbons (Fsp3) is 0.571. The van der Waals surface area contributed by atoms with E-state index in [2.05, 4.69) is 38.0 Å². The second-order valence-corrected chi connectivity index (χ2v) is 5.50. The summed E-state index contributed by atoms with van der Waals surface area (Å²) in [7, 11) is 0. The molecule has 0 spiro atoms. The second-order valence-electron chi connectivity index (χ2n) is 5.50. The van der Waals surface area contributed by atoms with Crippen LogP contribution in [-0.2, 0) is 4.74 Å². The number of benzene rings is 1. The predicted octanol–water partition coefficient (Wildman–Crippen LogP) is 3.55. The highest BCUT2D eigenvalue weighted by Crippen LogP contribution is 2.25. The molecule has 1 aromatic heterocycles. The number of aromatic nitrogens is 3. The van der Waals surface area contributed by atoms with E-state index >= 15 is 0 Å². The van der Waals surface area contributed by atoms with Crippen molar-refractivity contribution >= 4 is 11.0 Å². The van der Waals surface area contributed by atoms with Crippen molar-refractivity contribution in [3.8, 4) is 0 Å². The third-order valence-electron chi connectivity index (χ3n) is 2.68. The minimum Gasteiger partial charge on any atom is -0.351 e. The molecule has 0 bridgehead atoms. The molecule has 1 heterocycles. The van der Waals surface area contributed by atoms with Gasteiger partial charge in [-0.25, -0.2) is 4.68 Å². The van der Waals surface area contributed by atoms with Gasteiger partial charge in [0.25, 0.3) is 0 Å². The summed E-state index contributed by atoms with van der Waals surface area (Å²) in [5.41, 5.74) is 1.75. The van der Waals surface area contributed by atoms with Crippen molar-refractivity contribution < 1.29 is 4.74 Å². The molecule has 4 nitrogen and oxygen atoms in total. The van der Waals surface area contributed by atoms with Crippen LogP contribution >= 0.6 is 0 Å². The van der Waals surface area contributed by atoms with Gasteiger partial charge in [-0.05, 0) is 39.3 Å². The summed E-state index contributed by atoms with van der Waals surface area (Å²) in [5, 5.41) is 8.42. The van der Waals surface area contributed by atoms with E-state index < -0.39 is 0 Å². The average molecular weight is 247 g/mol. The van der Waals surface area contributed by atoms with Crippen molar-refractivity contribution in [2.24, 2.45) is 0 Å². The lowest BCUT2D eigenvalue weighted by molar-refractivity contribution is -0.104. The standard InChI is InChI=1S/C14H21N3O/c1-5-8-13(18-14(2,3)4)17-12-10-7-6-9-11(12)15-16-17/h6-7,9-10,13H,5,8H2,1-4H3. The van der Waals surface area contributed by atoms with Gasteiger partial charge in [-0.3, -0.25) is 0 Å². The van der Waals surface area contributed by atoms with Gasteiger partial charge < -0.3 is 4.74 Å². The Labute approximate surface area is 108 Å². The Hall–Kier alpha value is -1.42. The van der Waals surface area contributed by atoms with Gasteiger partial charge in [-0.15, -0.1) is 5.10 Å². The van der Waals surface area contributed by atoms with Crippen LogP contribution in [0.1, 0.15) is 46.8 Å². The van der Waals surface area contributed by atoms with Crippen molar-refractivity contribution in [2.45, 2.75) is 52.4 Å². The summed E-state index contributed by atoms with van der Waals surface area (Å²) < 4.78 is 7.98. The molecule has 98 valence electrons. The van der Waals surface area contributed by atoms with Gasteiger partial charge in [0.05, 0.1) is 11.1 Å². The molecule has 0 amide bonds. The van der Waals surface area contributed by atoms with Crippen molar-refractivity contribution in [3.05, 3.63) is 24.3 Å². The molecule has 0 aliphatic carbocycles. The summed E-state index contributed by atoms with van der Waals surface area (Å²) >= 11 is 0. The minimum absolute atomic E-state index is 0.0533. The largest absolute Gasteiger partial charge is 0.351 e. The normalized spacial score (nSPS) is 14.0. The molecule has 0 N–H and O–H groups in total. The number of fused-ring (bicyclic) bond motifs is 1. The maximum absolute atomic E-state index is 6.09. The van der Waals surface area contributed by atoms with Gasteiger partial charge in [0.1, 0.15) is 5.52 Å². The molecular weight excluding hydrogens is 226 g/mol. The summed E-state index contributed by atoms with van der Waals surface area (Å²) in [4.78, 5) is 0. The molecule has 2 rings (SSSR count). The first kappa shape index (κ1) is 13.0. The molecule has 1 atom stereocenters. The topological polar surface area (TPSA) is 39.9 Å². The second kappa shape index (κ2) is 5.06. The summed E-state index contributed by atoms with van der Waals surface area (Å²) in [6.45, 7) is 8.34. The highest BCUT2D eigenvalue weighted by molar-refractivity contribution is 5.73. The van der Waals surface area contributed by atoms with Gasteiger partial charge >= 0.3 is 0 Å². The van der Waals surface area contributed by atoms with Gasteiger partial charge in [-0.1, -0.05) is 30.7 Å². The third-order valence-corrected chi connectivity index (χ3v) is 2.68. The maximum Gasteiger partial charge on any atom is 0.153 e. The Morgan fingerprint density at radius 2 is 2.00 bits per heavy atom. The first-order chi connectivity index (χ1) is 8.51. The first-order valence-electron chi connectivity index (χ1n) is 6.49. The molecule has 1 unspecified atom stereocenters. The smallest absolute Gasteiger partial charge is 0.153 e. The van der Waals surface area contributed by atoms with Crippen LogP contribution < -0.4 is 0 Å². The molecular formula is C14H21N3O. The van der Waals surface area contributed by atoms with Crippen LogP contribution in [0.5, 0.6) is 0 Å². The van der Waals surface area contributed by atoms with Gasteiger partial charge in [-0.2, -0.15) is 0 Å². The number of nitrogens with zero attached hydrogens (tertiary/aromatic N) is 3. The maximum atomic E-state index is 6.09. The molecule has 1 aromatic carbocycles. The van der Waals surface area contributed by atoms with Crippen LogP contribution in [0.15, 0.2) is 24.3 Å². The molecule has 0 radical (unpaired) electrons.